The Morgan fingerprint density at radius 1 is 1.69 bits per heavy atom. The molecule has 1 aromatic heterocycles. The molecule has 0 aliphatic rings. The van der Waals surface area contributed by atoms with E-state index in [0.29, 0.717) is 13.1 Å². The zero-order valence-corrected chi connectivity index (χ0v) is 7.79. The highest BCUT2D eigenvalue weighted by Gasteiger charge is 1.95. The lowest BCUT2D eigenvalue weighted by atomic mass is 10.2. The van der Waals surface area contributed by atoms with Gasteiger partial charge in [0.1, 0.15) is 0 Å². The highest BCUT2D eigenvalue weighted by Crippen LogP contribution is 1.96. The molecule has 0 amide bonds. The highest BCUT2D eigenvalue weighted by atomic mass is 16.1. The lowest BCUT2D eigenvalue weighted by Crippen LogP contribution is -2.12. The Morgan fingerprint density at radius 2 is 2.38 bits per heavy atom. The standard InChI is InChI=1S/C10H14N2O/c1-8(5-11)6-12-4-3-10(13)9(2)7-12/h3-4,7H,1,5-6,11H2,2H3. The van der Waals surface area contributed by atoms with Crippen molar-refractivity contribution in [2.75, 3.05) is 6.54 Å². The fourth-order valence-electron chi connectivity index (χ4n) is 1.07. The molecule has 0 bridgehead atoms. The first-order valence-electron chi connectivity index (χ1n) is 4.17. The molecule has 1 rings (SSSR count). The second-order valence-electron chi connectivity index (χ2n) is 3.12. The number of hydrogen-bond donors (Lipinski definition) is 1. The van der Waals surface area contributed by atoms with Gasteiger partial charge in [-0.1, -0.05) is 6.58 Å². The van der Waals surface area contributed by atoms with E-state index in [9.17, 15) is 4.79 Å². The molecule has 13 heavy (non-hydrogen) atoms. The van der Waals surface area contributed by atoms with Gasteiger partial charge in [0.15, 0.2) is 5.43 Å². The van der Waals surface area contributed by atoms with E-state index in [1.54, 1.807) is 19.2 Å². The molecule has 0 saturated heterocycles. The highest BCUT2D eigenvalue weighted by molar-refractivity contribution is 5.09. The summed E-state index contributed by atoms with van der Waals surface area (Å²) in [5.74, 6) is 0. The minimum atomic E-state index is 0.0645. The molecule has 1 aromatic rings. The summed E-state index contributed by atoms with van der Waals surface area (Å²) in [6.07, 6.45) is 3.55. The van der Waals surface area contributed by atoms with Gasteiger partial charge in [-0.3, -0.25) is 4.79 Å². The van der Waals surface area contributed by atoms with E-state index in [2.05, 4.69) is 6.58 Å². The van der Waals surface area contributed by atoms with Gasteiger partial charge in [-0.25, -0.2) is 0 Å². The first-order chi connectivity index (χ1) is 6.13. The van der Waals surface area contributed by atoms with Crippen molar-refractivity contribution in [1.82, 2.24) is 4.57 Å². The van der Waals surface area contributed by atoms with Gasteiger partial charge in [0.05, 0.1) is 0 Å². The van der Waals surface area contributed by atoms with E-state index in [0.717, 1.165) is 11.1 Å². The first kappa shape index (κ1) is 9.74. The third kappa shape index (κ3) is 2.56. The monoisotopic (exact) mass is 178 g/mol. The van der Waals surface area contributed by atoms with Crippen LogP contribution in [0.15, 0.2) is 35.4 Å². The maximum atomic E-state index is 11.1. The van der Waals surface area contributed by atoms with Crippen LogP contribution in [0, 0.1) is 6.92 Å². The zero-order chi connectivity index (χ0) is 9.84. The zero-order valence-electron chi connectivity index (χ0n) is 7.79. The topological polar surface area (TPSA) is 48.0 Å². The summed E-state index contributed by atoms with van der Waals surface area (Å²) in [5.41, 5.74) is 7.17. The van der Waals surface area contributed by atoms with E-state index in [4.69, 9.17) is 5.73 Å². The smallest absolute Gasteiger partial charge is 0.184 e. The second kappa shape index (κ2) is 4.05. The van der Waals surface area contributed by atoms with Gasteiger partial charge < -0.3 is 10.3 Å². The van der Waals surface area contributed by atoms with Crippen LogP contribution in [-0.2, 0) is 6.54 Å². The first-order valence-corrected chi connectivity index (χ1v) is 4.17. The molecule has 0 aromatic carbocycles. The van der Waals surface area contributed by atoms with Crippen molar-refractivity contribution in [3.8, 4) is 0 Å². The van der Waals surface area contributed by atoms with Gasteiger partial charge in [-0.15, -0.1) is 0 Å². The summed E-state index contributed by atoms with van der Waals surface area (Å²) in [6, 6.07) is 1.55. The van der Waals surface area contributed by atoms with Crippen LogP contribution in [0.4, 0.5) is 0 Å². The minimum Gasteiger partial charge on any atom is -0.350 e. The van der Waals surface area contributed by atoms with Gasteiger partial charge in [-0.2, -0.15) is 0 Å². The molecule has 3 heteroatoms. The van der Waals surface area contributed by atoms with Gasteiger partial charge >= 0.3 is 0 Å². The van der Waals surface area contributed by atoms with E-state index < -0.39 is 0 Å². The Labute approximate surface area is 77.5 Å². The van der Waals surface area contributed by atoms with Crippen LogP contribution < -0.4 is 11.2 Å². The molecule has 0 aliphatic carbocycles. The molecule has 0 saturated carbocycles. The average Bonchev–Trinajstić information content (AvgIpc) is 2.11. The fourth-order valence-corrected chi connectivity index (χ4v) is 1.07. The molecule has 70 valence electrons. The summed E-state index contributed by atoms with van der Waals surface area (Å²) in [4.78, 5) is 11.1. The number of nitrogens with two attached hydrogens (primary N) is 1. The van der Waals surface area contributed by atoms with Crippen LogP contribution in [0.5, 0.6) is 0 Å². The maximum Gasteiger partial charge on any atom is 0.184 e. The predicted octanol–water partition coefficient (Wildman–Crippen LogP) is 0.672. The Kier molecular flexibility index (Phi) is 3.03. The van der Waals surface area contributed by atoms with Gasteiger partial charge in [-0.05, 0) is 12.5 Å². The quantitative estimate of drug-likeness (QED) is 0.692. The summed E-state index contributed by atoms with van der Waals surface area (Å²) in [5, 5.41) is 0. The summed E-state index contributed by atoms with van der Waals surface area (Å²) >= 11 is 0. The van der Waals surface area contributed by atoms with Gasteiger partial charge in [0.25, 0.3) is 0 Å². The normalized spacial score (nSPS) is 10.0. The SMILES string of the molecule is C=C(CN)Cn1ccc(=O)c(C)c1. The number of pyridine rings is 1. The van der Waals surface area contributed by atoms with Crippen LogP contribution in [0.3, 0.4) is 0 Å². The lowest BCUT2D eigenvalue weighted by Gasteiger charge is -2.07. The molecule has 0 fully saturated rings. The van der Waals surface area contributed by atoms with Crippen molar-refractivity contribution in [1.29, 1.82) is 0 Å². The maximum absolute atomic E-state index is 11.1. The van der Waals surface area contributed by atoms with Crippen molar-refractivity contribution in [2.24, 2.45) is 5.73 Å². The molecule has 0 spiro atoms. The number of aromatic nitrogens is 1. The van der Waals surface area contributed by atoms with Crippen molar-refractivity contribution in [3.05, 3.63) is 46.4 Å². The number of aryl methyl sites for hydroxylation is 1. The molecule has 2 N–H and O–H groups in total. The third-order valence-electron chi connectivity index (χ3n) is 1.86. The van der Waals surface area contributed by atoms with Gasteiger partial charge in [0.2, 0.25) is 0 Å². The summed E-state index contributed by atoms with van der Waals surface area (Å²) in [6.45, 7) is 6.75. The largest absolute Gasteiger partial charge is 0.350 e. The molecule has 0 radical (unpaired) electrons. The fraction of sp³-hybridized carbons (Fsp3) is 0.300. The second-order valence-corrected chi connectivity index (χ2v) is 3.12. The predicted molar refractivity (Wildman–Crippen MR) is 53.6 cm³/mol. The summed E-state index contributed by atoms with van der Waals surface area (Å²) in [7, 11) is 0. The third-order valence-corrected chi connectivity index (χ3v) is 1.86. The van der Waals surface area contributed by atoms with Crippen LogP contribution >= 0.6 is 0 Å². The number of rotatable bonds is 3. The number of nitrogens with zero attached hydrogens (tertiary/aromatic N) is 1. The van der Waals surface area contributed by atoms with Gasteiger partial charge in [0, 0.05) is 37.1 Å². The molecule has 0 unspecified atom stereocenters. The number of hydrogen-bond acceptors (Lipinski definition) is 2. The van der Waals surface area contributed by atoms with Crippen molar-refractivity contribution >= 4 is 0 Å². The summed E-state index contributed by atoms with van der Waals surface area (Å²) < 4.78 is 1.91. The lowest BCUT2D eigenvalue weighted by molar-refractivity contribution is 0.756. The van der Waals surface area contributed by atoms with E-state index in [1.807, 2.05) is 10.8 Å². The minimum absolute atomic E-state index is 0.0645. The van der Waals surface area contributed by atoms with Crippen LogP contribution in [0.2, 0.25) is 0 Å². The van der Waals surface area contributed by atoms with Crippen molar-refractivity contribution < 1.29 is 0 Å². The van der Waals surface area contributed by atoms with Crippen molar-refractivity contribution in [2.45, 2.75) is 13.5 Å². The molecule has 3 nitrogen and oxygen atoms in total. The Hall–Kier alpha value is -1.35. The van der Waals surface area contributed by atoms with E-state index in [-0.39, 0.29) is 5.43 Å². The van der Waals surface area contributed by atoms with Crippen molar-refractivity contribution in [3.63, 3.8) is 0 Å². The van der Waals surface area contributed by atoms with E-state index in [1.165, 1.54) is 0 Å². The van der Waals surface area contributed by atoms with Crippen LogP contribution in [0.1, 0.15) is 5.56 Å². The molecular formula is C10H14N2O. The molecule has 1 heterocycles. The molecular weight excluding hydrogens is 164 g/mol. The molecule has 0 aliphatic heterocycles. The average molecular weight is 178 g/mol. The van der Waals surface area contributed by atoms with E-state index >= 15 is 0 Å². The Bertz CT molecular complexity index is 365. The van der Waals surface area contributed by atoms with Crippen LogP contribution in [-0.4, -0.2) is 11.1 Å². The molecule has 0 atom stereocenters. The Morgan fingerprint density at radius 3 is 2.92 bits per heavy atom. The Balaban J connectivity index is 2.86. The van der Waals surface area contributed by atoms with Crippen LogP contribution in [0.25, 0.3) is 0 Å².